The monoisotopic (exact) mass is 386 g/mol. The maximum absolute atomic E-state index is 12.3. The zero-order valence-electron chi connectivity index (χ0n) is 15.7. The van der Waals surface area contributed by atoms with Crippen molar-refractivity contribution in [3.8, 4) is 0 Å². The summed E-state index contributed by atoms with van der Waals surface area (Å²) < 4.78 is 10.4. The minimum atomic E-state index is -0.874. The lowest BCUT2D eigenvalue weighted by Gasteiger charge is -2.20. The average Bonchev–Trinajstić information content (AvgIpc) is 2.69. The largest absolute Gasteiger partial charge is 0.459 e. The van der Waals surface area contributed by atoms with Crippen molar-refractivity contribution in [2.75, 3.05) is 0 Å². The molecular formula is C20H22N2O6. The van der Waals surface area contributed by atoms with Crippen molar-refractivity contribution in [2.24, 2.45) is 5.92 Å². The first kappa shape index (κ1) is 20.9. The quantitative estimate of drug-likeness (QED) is 0.422. The predicted octanol–water partition coefficient (Wildman–Crippen LogP) is 3.59. The molecule has 0 aliphatic carbocycles. The van der Waals surface area contributed by atoms with Gasteiger partial charge in [-0.3, -0.25) is 10.1 Å². The van der Waals surface area contributed by atoms with Crippen molar-refractivity contribution in [1.29, 1.82) is 0 Å². The van der Waals surface area contributed by atoms with Gasteiger partial charge in [0, 0.05) is 12.1 Å². The molecule has 0 saturated heterocycles. The Bertz CT molecular complexity index is 805. The van der Waals surface area contributed by atoms with E-state index in [4.69, 9.17) is 9.47 Å². The van der Waals surface area contributed by atoms with E-state index in [1.807, 2.05) is 30.3 Å². The molecule has 8 heteroatoms. The Kier molecular flexibility index (Phi) is 7.50. The van der Waals surface area contributed by atoms with Crippen LogP contribution in [-0.2, 0) is 27.5 Å². The second kappa shape index (κ2) is 10.1. The van der Waals surface area contributed by atoms with Gasteiger partial charge < -0.3 is 14.8 Å². The molecule has 0 aromatic heterocycles. The standard InChI is InChI=1S/C20H22N2O6/c1-14(2)18(21-20(24)28-13-15-6-4-3-5-7-15)19(23)27-12-16-8-10-17(11-9-16)22(25)26/h3-11,14,18H,12-13H2,1-2H3,(H,21,24)/t18-/m0/s1. The minimum absolute atomic E-state index is 0.0436. The molecular weight excluding hydrogens is 364 g/mol. The number of carbonyl (C=O) groups excluding carboxylic acids is 2. The fourth-order valence-corrected chi connectivity index (χ4v) is 2.35. The second-order valence-electron chi connectivity index (χ2n) is 6.46. The van der Waals surface area contributed by atoms with E-state index in [1.54, 1.807) is 13.8 Å². The number of nitrogens with zero attached hydrogens (tertiary/aromatic N) is 1. The van der Waals surface area contributed by atoms with E-state index in [0.717, 1.165) is 5.56 Å². The van der Waals surface area contributed by atoms with Crippen LogP contribution in [0.5, 0.6) is 0 Å². The summed E-state index contributed by atoms with van der Waals surface area (Å²) in [5, 5.41) is 13.2. The van der Waals surface area contributed by atoms with Gasteiger partial charge in [0.2, 0.25) is 0 Å². The van der Waals surface area contributed by atoms with Gasteiger partial charge in [-0.25, -0.2) is 9.59 Å². The molecule has 0 fully saturated rings. The number of ether oxygens (including phenoxy) is 2. The molecule has 1 atom stereocenters. The molecule has 28 heavy (non-hydrogen) atoms. The Hall–Kier alpha value is -3.42. The van der Waals surface area contributed by atoms with Crippen LogP contribution in [0.4, 0.5) is 10.5 Å². The lowest BCUT2D eigenvalue weighted by atomic mass is 10.1. The Morgan fingerprint density at radius 3 is 2.11 bits per heavy atom. The van der Waals surface area contributed by atoms with Crippen LogP contribution in [0, 0.1) is 16.0 Å². The highest BCUT2D eigenvalue weighted by atomic mass is 16.6. The van der Waals surface area contributed by atoms with Crippen LogP contribution >= 0.6 is 0 Å². The average molecular weight is 386 g/mol. The summed E-state index contributed by atoms with van der Waals surface area (Å²) in [6, 6.07) is 14.0. The number of nitrogens with one attached hydrogen (secondary N) is 1. The van der Waals surface area contributed by atoms with Crippen molar-refractivity contribution >= 4 is 17.7 Å². The summed E-state index contributed by atoms with van der Waals surface area (Å²) in [6.07, 6.45) is -0.713. The zero-order chi connectivity index (χ0) is 20.5. The summed E-state index contributed by atoms with van der Waals surface area (Å²) in [5.41, 5.74) is 1.39. The topological polar surface area (TPSA) is 108 Å². The SMILES string of the molecule is CC(C)[C@H](NC(=O)OCc1ccccc1)C(=O)OCc1ccc([N+](=O)[O-])cc1. The molecule has 2 aromatic rings. The number of carbonyl (C=O) groups is 2. The van der Waals surface area contributed by atoms with E-state index in [-0.39, 0.29) is 24.8 Å². The van der Waals surface area contributed by atoms with Gasteiger partial charge in [-0.2, -0.15) is 0 Å². The summed E-state index contributed by atoms with van der Waals surface area (Å²) in [4.78, 5) is 34.5. The van der Waals surface area contributed by atoms with Gasteiger partial charge in [-0.1, -0.05) is 44.2 Å². The van der Waals surface area contributed by atoms with E-state index in [1.165, 1.54) is 24.3 Å². The van der Waals surface area contributed by atoms with Gasteiger partial charge >= 0.3 is 12.1 Å². The number of amides is 1. The first-order chi connectivity index (χ1) is 13.4. The van der Waals surface area contributed by atoms with E-state index in [2.05, 4.69) is 5.32 Å². The van der Waals surface area contributed by atoms with Crippen LogP contribution in [0.3, 0.4) is 0 Å². The normalized spacial score (nSPS) is 11.5. The van der Waals surface area contributed by atoms with E-state index < -0.39 is 23.0 Å². The van der Waals surface area contributed by atoms with Crippen molar-refractivity contribution in [3.05, 3.63) is 75.8 Å². The smallest absolute Gasteiger partial charge is 0.408 e. The van der Waals surface area contributed by atoms with Crippen LogP contribution in [0.2, 0.25) is 0 Å². The molecule has 0 aliphatic heterocycles. The Morgan fingerprint density at radius 1 is 0.964 bits per heavy atom. The van der Waals surface area contributed by atoms with Crippen LogP contribution in [0.1, 0.15) is 25.0 Å². The molecule has 1 N–H and O–H groups in total. The molecule has 2 rings (SSSR count). The number of hydrogen-bond donors (Lipinski definition) is 1. The van der Waals surface area contributed by atoms with Gasteiger partial charge in [0.05, 0.1) is 4.92 Å². The van der Waals surface area contributed by atoms with Crippen molar-refractivity contribution in [3.63, 3.8) is 0 Å². The van der Waals surface area contributed by atoms with Gasteiger partial charge in [-0.05, 0) is 29.2 Å². The molecule has 8 nitrogen and oxygen atoms in total. The minimum Gasteiger partial charge on any atom is -0.459 e. The zero-order valence-corrected chi connectivity index (χ0v) is 15.7. The number of rotatable bonds is 8. The molecule has 0 aliphatic rings. The van der Waals surface area contributed by atoms with Gasteiger partial charge in [0.15, 0.2) is 0 Å². The van der Waals surface area contributed by atoms with E-state index in [9.17, 15) is 19.7 Å². The van der Waals surface area contributed by atoms with E-state index in [0.29, 0.717) is 5.56 Å². The number of esters is 1. The molecule has 0 saturated carbocycles. The number of non-ortho nitro benzene ring substituents is 1. The molecule has 0 spiro atoms. The molecule has 0 heterocycles. The fraction of sp³-hybridized carbons (Fsp3) is 0.300. The number of benzene rings is 2. The van der Waals surface area contributed by atoms with Gasteiger partial charge in [-0.15, -0.1) is 0 Å². The third kappa shape index (κ3) is 6.39. The highest BCUT2D eigenvalue weighted by Gasteiger charge is 2.26. The van der Waals surface area contributed by atoms with Crippen molar-refractivity contribution < 1.29 is 24.0 Å². The molecule has 2 aromatic carbocycles. The highest BCUT2D eigenvalue weighted by molar-refractivity contribution is 5.81. The fourth-order valence-electron chi connectivity index (χ4n) is 2.35. The molecule has 0 radical (unpaired) electrons. The number of nitro benzene ring substituents is 1. The summed E-state index contributed by atoms with van der Waals surface area (Å²) in [5.74, 6) is -0.821. The van der Waals surface area contributed by atoms with Crippen LogP contribution < -0.4 is 5.32 Å². The third-order valence-corrected chi connectivity index (χ3v) is 3.93. The number of alkyl carbamates (subject to hydrolysis) is 1. The van der Waals surface area contributed by atoms with Crippen LogP contribution in [-0.4, -0.2) is 23.0 Å². The Morgan fingerprint density at radius 2 is 1.54 bits per heavy atom. The lowest BCUT2D eigenvalue weighted by molar-refractivity contribution is -0.384. The third-order valence-electron chi connectivity index (χ3n) is 3.93. The summed E-state index contributed by atoms with van der Waals surface area (Å²) >= 11 is 0. The highest BCUT2D eigenvalue weighted by Crippen LogP contribution is 2.13. The maximum atomic E-state index is 12.3. The first-order valence-corrected chi connectivity index (χ1v) is 8.74. The molecule has 148 valence electrons. The van der Waals surface area contributed by atoms with Gasteiger partial charge in [0.1, 0.15) is 19.3 Å². The summed E-state index contributed by atoms with van der Waals surface area (Å²) in [6.45, 7) is 3.58. The lowest BCUT2D eigenvalue weighted by Crippen LogP contribution is -2.45. The first-order valence-electron chi connectivity index (χ1n) is 8.74. The Labute approximate surface area is 162 Å². The van der Waals surface area contributed by atoms with Crippen molar-refractivity contribution in [2.45, 2.75) is 33.1 Å². The number of hydrogen-bond acceptors (Lipinski definition) is 6. The molecule has 1 amide bonds. The predicted molar refractivity (Wildman–Crippen MR) is 101 cm³/mol. The van der Waals surface area contributed by atoms with Crippen LogP contribution in [0.25, 0.3) is 0 Å². The molecule has 0 bridgehead atoms. The van der Waals surface area contributed by atoms with E-state index >= 15 is 0 Å². The summed E-state index contributed by atoms with van der Waals surface area (Å²) in [7, 11) is 0. The second-order valence-corrected chi connectivity index (χ2v) is 6.46. The number of nitro groups is 1. The Balaban J connectivity index is 1.86. The molecule has 0 unspecified atom stereocenters. The maximum Gasteiger partial charge on any atom is 0.408 e. The van der Waals surface area contributed by atoms with Gasteiger partial charge in [0.25, 0.3) is 5.69 Å². The van der Waals surface area contributed by atoms with Crippen molar-refractivity contribution in [1.82, 2.24) is 5.32 Å². The van der Waals surface area contributed by atoms with Crippen LogP contribution in [0.15, 0.2) is 54.6 Å².